The van der Waals surface area contributed by atoms with Gasteiger partial charge in [-0.1, -0.05) is 19.1 Å². The Balaban J connectivity index is 1.26. The van der Waals surface area contributed by atoms with Gasteiger partial charge in [0.2, 0.25) is 0 Å². The van der Waals surface area contributed by atoms with Gasteiger partial charge >= 0.3 is 5.69 Å². The Morgan fingerprint density at radius 1 is 1.11 bits per heavy atom. The van der Waals surface area contributed by atoms with Crippen LogP contribution in [-0.4, -0.2) is 68.7 Å². The van der Waals surface area contributed by atoms with Gasteiger partial charge < -0.3 is 14.4 Å². The lowest BCUT2D eigenvalue weighted by molar-refractivity contribution is 0.0487. The second kappa shape index (κ2) is 10.6. The van der Waals surface area contributed by atoms with E-state index in [0.717, 1.165) is 58.5 Å². The quantitative estimate of drug-likeness (QED) is 0.365. The van der Waals surface area contributed by atoms with Gasteiger partial charge in [-0.15, -0.1) is 10.2 Å². The second-order valence-corrected chi connectivity index (χ2v) is 10.8. The van der Waals surface area contributed by atoms with Crippen LogP contribution in [0.2, 0.25) is 0 Å². The molecule has 4 aromatic rings. The van der Waals surface area contributed by atoms with E-state index in [9.17, 15) is 4.79 Å². The Labute approximate surface area is 222 Å². The number of pyridine rings is 1. The standard InChI is InChI=1S/C29H36N6O3/c1-19-8-11-34(18-19)12-15-38-20(2)25-6-5-22(17-30-25)21-4-7-26-24(16-21)27-28(32-31-26)33(3)29(36)35(27)23-9-13-37-14-10-23/h4-7,16-17,19-20,23H,8-15,18H2,1-3H3/t19-,20-/m1/s1. The molecule has 0 aliphatic carbocycles. The van der Waals surface area contributed by atoms with Gasteiger partial charge in [-0.25, -0.2) is 4.79 Å². The van der Waals surface area contributed by atoms with Gasteiger partial charge in [0.1, 0.15) is 5.52 Å². The van der Waals surface area contributed by atoms with Gasteiger partial charge in [0.05, 0.1) is 23.9 Å². The Bertz CT molecular complexity index is 1490. The number of ether oxygens (including phenoxy) is 2. The lowest BCUT2D eigenvalue weighted by Gasteiger charge is -2.23. The monoisotopic (exact) mass is 516 g/mol. The molecule has 2 saturated heterocycles. The summed E-state index contributed by atoms with van der Waals surface area (Å²) in [5, 5.41) is 9.75. The molecule has 38 heavy (non-hydrogen) atoms. The zero-order chi connectivity index (χ0) is 26.2. The van der Waals surface area contributed by atoms with Crippen molar-refractivity contribution in [2.45, 2.75) is 45.3 Å². The van der Waals surface area contributed by atoms with E-state index in [4.69, 9.17) is 14.5 Å². The minimum absolute atomic E-state index is 0.0571. The van der Waals surface area contributed by atoms with Crippen molar-refractivity contribution in [3.63, 3.8) is 0 Å². The Kier molecular flexibility index (Phi) is 6.99. The topological polar surface area (TPSA) is 87.3 Å². The van der Waals surface area contributed by atoms with Crippen LogP contribution >= 0.6 is 0 Å². The Hall–Kier alpha value is -3.14. The average molecular weight is 517 g/mol. The van der Waals surface area contributed by atoms with Crippen molar-refractivity contribution in [2.24, 2.45) is 13.0 Å². The number of imidazole rings is 1. The van der Waals surface area contributed by atoms with Gasteiger partial charge in [0, 0.05) is 56.5 Å². The SMILES string of the molecule is C[C@@H]1CCN(CCO[C@H](C)c2ccc(-c3ccc4nnc5c(c4c3)n(C3CCOCC3)c(=O)n5C)cn2)C1. The van der Waals surface area contributed by atoms with E-state index < -0.39 is 0 Å². The zero-order valence-electron chi connectivity index (χ0n) is 22.5. The van der Waals surface area contributed by atoms with E-state index in [1.54, 1.807) is 11.6 Å². The summed E-state index contributed by atoms with van der Waals surface area (Å²) in [5.74, 6) is 0.788. The highest BCUT2D eigenvalue weighted by atomic mass is 16.5. The molecule has 0 unspecified atom stereocenters. The van der Waals surface area contributed by atoms with Crippen LogP contribution in [0.15, 0.2) is 41.3 Å². The summed E-state index contributed by atoms with van der Waals surface area (Å²) in [4.78, 5) is 20.4. The molecule has 6 rings (SSSR count). The van der Waals surface area contributed by atoms with Crippen molar-refractivity contribution in [3.8, 4) is 11.1 Å². The summed E-state index contributed by atoms with van der Waals surface area (Å²) in [5.41, 5.74) is 5.12. The number of rotatable bonds is 7. The Morgan fingerprint density at radius 2 is 1.92 bits per heavy atom. The smallest absolute Gasteiger partial charge is 0.330 e. The molecule has 0 radical (unpaired) electrons. The first kappa shape index (κ1) is 25.2. The summed E-state index contributed by atoms with van der Waals surface area (Å²) >= 11 is 0. The first-order valence-corrected chi connectivity index (χ1v) is 13.7. The first-order chi connectivity index (χ1) is 18.5. The number of aromatic nitrogens is 5. The number of benzene rings is 1. The fraction of sp³-hybridized carbons (Fsp3) is 0.517. The summed E-state index contributed by atoms with van der Waals surface area (Å²) in [7, 11) is 1.77. The van der Waals surface area contributed by atoms with Crippen LogP contribution in [0.25, 0.3) is 33.2 Å². The number of fused-ring (bicyclic) bond motifs is 3. The highest BCUT2D eigenvalue weighted by Gasteiger charge is 2.24. The molecule has 2 aliphatic rings. The number of hydrogen-bond acceptors (Lipinski definition) is 7. The predicted molar refractivity (Wildman–Crippen MR) is 147 cm³/mol. The van der Waals surface area contributed by atoms with Crippen molar-refractivity contribution < 1.29 is 9.47 Å². The van der Waals surface area contributed by atoms with E-state index in [0.29, 0.717) is 25.5 Å². The van der Waals surface area contributed by atoms with Gasteiger partial charge in [-0.3, -0.25) is 14.1 Å². The Morgan fingerprint density at radius 3 is 2.66 bits per heavy atom. The molecular weight excluding hydrogens is 480 g/mol. The summed E-state index contributed by atoms with van der Waals surface area (Å²) < 4.78 is 15.2. The van der Waals surface area contributed by atoms with Gasteiger partial charge in [-0.2, -0.15) is 0 Å². The van der Waals surface area contributed by atoms with E-state index >= 15 is 0 Å². The van der Waals surface area contributed by atoms with E-state index in [1.165, 1.54) is 19.5 Å². The van der Waals surface area contributed by atoms with Crippen LogP contribution in [0, 0.1) is 5.92 Å². The summed E-state index contributed by atoms with van der Waals surface area (Å²) in [6.07, 6.45) is 4.75. The highest BCUT2D eigenvalue weighted by Crippen LogP contribution is 2.31. The molecule has 0 bridgehead atoms. The van der Waals surface area contributed by atoms with Gasteiger partial charge in [0.25, 0.3) is 0 Å². The zero-order valence-corrected chi connectivity index (χ0v) is 22.5. The van der Waals surface area contributed by atoms with Gasteiger partial charge in [0.15, 0.2) is 5.65 Å². The van der Waals surface area contributed by atoms with E-state index in [1.807, 2.05) is 29.0 Å². The first-order valence-electron chi connectivity index (χ1n) is 13.7. The normalized spacial score (nSPS) is 20.0. The van der Waals surface area contributed by atoms with Crippen molar-refractivity contribution in [3.05, 3.63) is 52.7 Å². The maximum Gasteiger partial charge on any atom is 0.330 e. The predicted octanol–water partition coefficient (Wildman–Crippen LogP) is 4.12. The largest absolute Gasteiger partial charge is 0.381 e. The third kappa shape index (κ3) is 4.74. The van der Waals surface area contributed by atoms with E-state index in [-0.39, 0.29) is 17.8 Å². The molecule has 2 fully saturated rings. The van der Waals surface area contributed by atoms with Crippen LogP contribution in [0.5, 0.6) is 0 Å². The molecule has 9 heteroatoms. The van der Waals surface area contributed by atoms with Crippen molar-refractivity contribution in [2.75, 3.05) is 39.5 Å². The maximum absolute atomic E-state index is 13.2. The van der Waals surface area contributed by atoms with Crippen molar-refractivity contribution in [1.29, 1.82) is 0 Å². The lowest BCUT2D eigenvalue weighted by Crippen LogP contribution is -2.29. The molecule has 2 aliphatic heterocycles. The van der Waals surface area contributed by atoms with Gasteiger partial charge in [-0.05, 0) is 62.4 Å². The van der Waals surface area contributed by atoms with Crippen LogP contribution in [0.1, 0.15) is 50.9 Å². The molecule has 0 saturated carbocycles. The third-order valence-corrected chi connectivity index (χ3v) is 8.14. The maximum atomic E-state index is 13.2. The third-order valence-electron chi connectivity index (χ3n) is 8.14. The molecule has 5 heterocycles. The van der Waals surface area contributed by atoms with Crippen molar-refractivity contribution >= 4 is 22.1 Å². The number of likely N-dealkylation sites (tertiary alicyclic amines) is 1. The van der Waals surface area contributed by atoms with Crippen LogP contribution < -0.4 is 5.69 Å². The fourth-order valence-electron chi connectivity index (χ4n) is 5.84. The molecule has 0 amide bonds. The minimum atomic E-state index is -0.0613. The minimum Gasteiger partial charge on any atom is -0.381 e. The van der Waals surface area contributed by atoms with Crippen LogP contribution in [0.3, 0.4) is 0 Å². The number of nitrogens with zero attached hydrogens (tertiary/aromatic N) is 6. The lowest BCUT2D eigenvalue weighted by atomic mass is 10.0. The van der Waals surface area contributed by atoms with Crippen LogP contribution in [-0.2, 0) is 16.5 Å². The molecular formula is C29H36N6O3. The second-order valence-electron chi connectivity index (χ2n) is 10.8. The van der Waals surface area contributed by atoms with E-state index in [2.05, 4.69) is 41.1 Å². The molecule has 1 aromatic carbocycles. The summed E-state index contributed by atoms with van der Waals surface area (Å²) in [6.45, 7) is 9.72. The highest BCUT2D eigenvalue weighted by molar-refractivity contribution is 6.02. The average Bonchev–Trinajstić information content (AvgIpc) is 3.48. The molecule has 3 aromatic heterocycles. The molecule has 0 spiro atoms. The number of hydrogen-bond donors (Lipinski definition) is 0. The fourth-order valence-corrected chi connectivity index (χ4v) is 5.84. The number of aryl methyl sites for hydroxylation is 1. The molecule has 200 valence electrons. The molecule has 9 nitrogen and oxygen atoms in total. The molecule has 2 atom stereocenters. The van der Waals surface area contributed by atoms with Crippen LogP contribution in [0.4, 0.5) is 0 Å². The summed E-state index contributed by atoms with van der Waals surface area (Å²) in [6, 6.07) is 10.3. The molecule has 0 N–H and O–H groups in total. The van der Waals surface area contributed by atoms with Crippen molar-refractivity contribution in [1.82, 2.24) is 29.2 Å².